The molecule has 20 rings (SSSR count). The number of rotatable bonds is 7. The molecule has 0 aliphatic heterocycles. The van der Waals surface area contributed by atoms with Gasteiger partial charge in [0.2, 0.25) is 5.82 Å². The van der Waals surface area contributed by atoms with E-state index in [1.54, 1.807) is 12.1 Å². The first kappa shape index (κ1) is 56.6. The SMILES string of the molecule is Fc1c(F)c(F)c(-c2ccc(-n3c4cc(-n5c6ccccc6c6ccccc65)ccc4c4ccc(-n5c6ccccc6c6ccccc65)cc43)c(C(F)(F)F)c2-n2c3cc(-n4c5ccccc5c5ccccc54)ccc3c3ccc(-n4c5ccccc5c5ccccc54)cc32)c(F)c1F. The lowest BCUT2D eigenvalue weighted by molar-refractivity contribution is -0.137. The van der Waals surface area contributed by atoms with Crippen molar-refractivity contribution in [2.45, 2.75) is 6.18 Å². The van der Waals surface area contributed by atoms with Crippen LogP contribution in [0.5, 0.6) is 0 Å². The van der Waals surface area contributed by atoms with Gasteiger partial charge < -0.3 is 27.4 Å². The van der Waals surface area contributed by atoms with Gasteiger partial charge in [-0.2, -0.15) is 13.2 Å². The smallest absolute Gasteiger partial charge is 0.309 e. The molecule has 14 heteroatoms. The van der Waals surface area contributed by atoms with Gasteiger partial charge in [0.1, 0.15) is 5.56 Å². The maximum atomic E-state index is 18.4. The van der Waals surface area contributed by atoms with Crippen LogP contribution in [0.3, 0.4) is 0 Å². The highest BCUT2D eigenvalue weighted by atomic mass is 19.4. The molecule has 0 amide bonds. The molecule has 6 nitrogen and oxygen atoms in total. The molecule has 20 aromatic rings. The zero-order valence-electron chi connectivity index (χ0n) is 51.8. The molecular weight excluding hydrogens is 1260 g/mol. The van der Waals surface area contributed by atoms with Crippen molar-refractivity contribution in [3.8, 4) is 45.3 Å². The summed E-state index contributed by atoms with van der Waals surface area (Å²) in [6.07, 6.45) is -5.50. The third-order valence-corrected chi connectivity index (χ3v) is 20.2. The van der Waals surface area contributed by atoms with Gasteiger partial charge in [0, 0.05) is 92.9 Å². The predicted octanol–water partition coefficient (Wildman–Crippen LogP) is 23.7. The van der Waals surface area contributed by atoms with E-state index in [0.717, 1.165) is 99.4 Å². The van der Waals surface area contributed by atoms with Crippen LogP contribution in [0.1, 0.15) is 5.56 Å². The van der Waals surface area contributed by atoms with Gasteiger partial charge in [-0.15, -0.1) is 0 Å². The highest BCUT2D eigenvalue weighted by Gasteiger charge is 2.42. The van der Waals surface area contributed by atoms with E-state index in [2.05, 4.69) is 9.13 Å². The Hall–Kier alpha value is -12.7. The number of alkyl halides is 3. The van der Waals surface area contributed by atoms with Gasteiger partial charge in [0.25, 0.3) is 0 Å². The standard InChI is InChI=1S/C85H46F8N6/c86-79-77(80(87)82(89)83(90)81(79)88)63-41-42-72(98-73-43-47(94-64-25-9-1-17-51(64)52-18-2-10-26-65(52)94)33-37-59(73)60-38-34-48(44-74(60)98)95-66-27-11-3-19-53(66)54-20-4-12-28-67(54)95)78(85(91,92)93)84(63)99-75-45-49(96-68-29-13-5-21-55(68)56-22-6-14-30-69(56)96)35-39-61(75)62-40-36-50(46-76(62)99)97-70-31-15-7-23-57(70)58-24-8-16-32-71(58)97/h1-46H. The normalized spacial score (nSPS) is 12.4. The number of hydrogen-bond donors (Lipinski definition) is 0. The number of fused-ring (bicyclic) bond motifs is 18. The average molecular weight is 1300 g/mol. The minimum Gasteiger partial charge on any atom is -0.309 e. The summed E-state index contributed by atoms with van der Waals surface area (Å²) in [5.74, 6) is -11.7. The molecule has 0 unspecified atom stereocenters. The lowest BCUT2D eigenvalue weighted by atomic mass is 9.95. The molecule has 0 saturated heterocycles. The first-order valence-electron chi connectivity index (χ1n) is 32.3. The fraction of sp³-hybridized carbons (Fsp3) is 0.0118. The van der Waals surface area contributed by atoms with E-state index in [-0.39, 0.29) is 11.0 Å². The molecule has 14 aromatic carbocycles. The van der Waals surface area contributed by atoms with Crippen LogP contribution in [0.4, 0.5) is 35.1 Å². The Morgan fingerprint density at radius 2 is 0.444 bits per heavy atom. The topological polar surface area (TPSA) is 29.6 Å². The van der Waals surface area contributed by atoms with Crippen LogP contribution in [-0.2, 0) is 6.18 Å². The van der Waals surface area contributed by atoms with Crippen molar-refractivity contribution in [3.05, 3.63) is 314 Å². The van der Waals surface area contributed by atoms with Gasteiger partial charge in [0.05, 0.1) is 83.1 Å². The molecule has 0 N–H and O–H groups in total. The molecule has 0 spiro atoms. The highest BCUT2D eigenvalue weighted by Crippen LogP contribution is 2.51. The molecule has 6 aromatic heterocycles. The van der Waals surface area contributed by atoms with Gasteiger partial charge >= 0.3 is 6.18 Å². The zero-order chi connectivity index (χ0) is 66.4. The largest absolute Gasteiger partial charge is 0.420 e. The van der Waals surface area contributed by atoms with Crippen LogP contribution in [-0.4, -0.2) is 27.4 Å². The van der Waals surface area contributed by atoms with E-state index in [9.17, 15) is 0 Å². The summed E-state index contributed by atoms with van der Waals surface area (Å²) in [6.45, 7) is 0. The molecule has 0 aliphatic rings. The lowest BCUT2D eigenvalue weighted by Gasteiger charge is -2.25. The summed E-state index contributed by atoms with van der Waals surface area (Å²) >= 11 is 0. The first-order chi connectivity index (χ1) is 48.4. The third-order valence-electron chi connectivity index (χ3n) is 20.2. The Morgan fingerprint density at radius 1 is 0.212 bits per heavy atom. The van der Waals surface area contributed by atoms with Crippen molar-refractivity contribution < 1.29 is 35.1 Å². The highest BCUT2D eigenvalue weighted by molar-refractivity contribution is 6.17. The number of aromatic nitrogens is 6. The van der Waals surface area contributed by atoms with Gasteiger partial charge in [-0.05, 0) is 109 Å². The van der Waals surface area contributed by atoms with Crippen molar-refractivity contribution in [1.29, 1.82) is 0 Å². The summed E-state index contributed by atoms with van der Waals surface area (Å²) in [7, 11) is 0. The maximum absolute atomic E-state index is 18.4. The second-order valence-electron chi connectivity index (χ2n) is 25.3. The van der Waals surface area contributed by atoms with Gasteiger partial charge in [-0.3, -0.25) is 0 Å². The van der Waals surface area contributed by atoms with Crippen molar-refractivity contribution in [2.24, 2.45) is 0 Å². The van der Waals surface area contributed by atoms with Gasteiger partial charge in [0.15, 0.2) is 23.3 Å². The van der Waals surface area contributed by atoms with Crippen LogP contribution in [0.15, 0.2) is 279 Å². The van der Waals surface area contributed by atoms with E-state index in [1.807, 2.05) is 264 Å². The number of benzene rings is 14. The van der Waals surface area contributed by atoms with E-state index in [1.165, 1.54) is 9.13 Å². The minimum absolute atomic E-state index is 0.126. The van der Waals surface area contributed by atoms with Crippen LogP contribution in [0, 0.1) is 29.1 Å². The van der Waals surface area contributed by atoms with Crippen LogP contribution in [0.2, 0.25) is 0 Å². The monoisotopic (exact) mass is 1300 g/mol. The Balaban J connectivity index is 0.976. The van der Waals surface area contributed by atoms with Crippen LogP contribution < -0.4 is 0 Å². The lowest BCUT2D eigenvalue weighted by Crippen LogP contribution is -2.18. The number of hydrogen-bond acceptors (Lipinski definition) is 0. The summed E-state index contributed by atoms with van der Waals surface area (Å²) < 4.78 is 149. The average Bonchev–Trinajstić information content (AvgIpc) is 1.67. The molecule has 0 fully saturated rings. The van der Waals surface area contributed by atoms with Crippen LogP contribution in [0.25, 0.3) is 176 Å². The fourth-order valence-corrected chi connectivity index (χ4v) is 16.2. The number of nitrogens with zero attached hydrogens (tertiary/aromatic N) is 6. The van der Waals surface area contributed by atoms with Crippen molar-refractivity contribution >= 4 is 131 Å². The molecule has 0 saturated carbocycles. The predicted molar refractivity (Wildman–Crippen MR) is 383 cm³/mol. The third kappa shape index (κ3) is 7.87. The Morgan fingerprint density at radius 3 is 0.707 bits per heavy atom. The Bertz CT molecular complexity index is 6350. The van der Waals surface area contributed by atoms with Crippen molar-refractivity contribution in [2.75, 3.05) is 0 Å². The summed E-state index contributed by atoms with van der Waals surface area (Å²) in [6, 6.07) is 87.0. The molecule has 0 aliphatic carbocycles. The van der Waals surface area contributed by atoms with Gasteiger partial charge in [-0.25, -0.2) is 22.0 Å². The van der Waals surface area contributed by atoms with Crippen molar-refractivity contribution in [1.82, 2.24) is 27.4 Å². The summed E-state index contributed by atoms with van der Waals surface area (Å²) in [4.78, 5) is 0. The van der Waals surface area contributed by atoms with E-state index in [4.69, 9.17) is 0 Å². The van der Waals surface area contributed by atoms with E-state index >= 15 is 35.1 Å². The molecule has 472 valence electrons. The number of para-hydroxylation sites is 8. The molecule has 0 radical (unpaired) electrons. The molecule has 6 heterocycles. The second-order valence-corrected chi connectivity index (χ2v) is 25.3. The first-order valence-corrected chi connectivity index (χ1v) is 32.3. The molecule has 0 atom stereocenters. The molecule has 0 bridgehead atoms. The molecular formula is C85H46F8N6. The van der Waals surface area contributed by atoms with Gasteiger partial charge in [-0.1, -0.05) is 170 Å². The zero-order valence-corrected chi connectivity index (χ0v) is 51.8. The second kappa shape index (κ2) is 20.7. The van der Waals surface area contributed by atoms with Crippen LogP contribution >= 0.6 is 0 Å². The summed E-state index contributed by atoms with van der Waals surface area (Å²) in [5.41, 5.74) is 4.28. The Kier molecular flexibility index (Phi) is 11.8. The minimum atomic E-state index is -5.50. The van der Waals surface area contributed by atoms with E-state index < -0.39 is 63.3 Å². The Labute approximate surface area is 555 Å². The van der Waals surface area contributed by atoms with E-state index in [0.29, 0.717) is 55.3 Å². The van der Waals surface area contributed by atoms with Crippen molar-refractivity contribution in [3.63, 3.8) is 0 Å². The fourth-order valence-electron chi connectivity index (χ4n) is 16.2. The maximum Gasteiger partial charge on any atom is 0.420 e. The summed E-state index contributed by atoms with van der Waals surface area (Å²) in [5, 5.41) is 9.38. The quantitative estimate of drug-likeness (QED) is 0.0865. The number of halogens is 8. The molecule has 99 heavy (non-hydrogen) atoms.